The first kappa shape index (κ1) is 18.5. The van der Waals surface area contributed by atoms with E-state index in [1.165, 1.54) is 5.56 Å². The topological polar surface area (TPSA) is 75.4 Å². The van der Waals surface area contributed by atoms with E-state index in [9.17, 15) is 9.59 Å². The van der Waals surface area contributed by atoms with E-state index in [1.807, 2.05) is 45.0 Å². The summed E-state index contributed by atoms with van der Waals surface area (Å²) >= 11 is 0. The summed E-state index contributed by atoms with van der Waals surface area (Å²) in [6.07, 6.45) is 1.87. The van der Waals surface area contributed by atoms with Crippen molar-refractivity contribution in [1.82, 2.24) is 10.2 Å². The summed E-state index contributed by atoms with van der Waals surface area (Å²) in [5, 5.41) is 3.09. The number of aryl methyl sites for hydroxylation is 1. The Morgan fingerprint density at radius 3 is 2.46 bits per heavy atom. The first-order valence-corrected chi connectivity index (χ1v) is 8.78. The number of rotatable bonds is 7. The van der Waals surface area contributed by atoms with Gasteiger partial charge in [0.15, 0.2) is 0 Å². The van der Waals surface area contributed by atoms with Crippen LogP contribution in [0, 0.1) is 12.8 Å². The van der Waals surface area contributed by atoms with Crippen LogP contribution in [0.4, 0.5) is 0 Å². The Hall–Kier alpha value is -1.88. The molecule has 0 aliphatic carbocycles. The van der Waals surface area contributed by atoms with Gasteiger partial charge < -0.3 is 16.0 Å². The molecule has 1 aliphatic rings. The van der Waals surface area contributed by atoms with Crippen molar-refractivity contribution < 1.29 is 9.59 Å². The molecule has 2 rings (SSSR count). The number of nitrogens with two attached hydrogens (primary N) is 1. The second kappa shape index (κ2) is 7.79. The van der Waals surface area contributed by atoms with E-state index in [2.05, 4.69) is 5.32 Å². The number of nitrogens with one attached hydrogen (secondary N) is 1. The predicted octanol–water partition coefficient (Wildman–Crippen LogP) is 1.98. The van der Waals surface area contributed by atoms with E-state index in [1.54, 1.807) is 4.90 Å². The molecule has 1 aromatic rings. The minimum Gasteiger partial charge on any atom is -0.349 e. The minimum absolute atomic E-state index is 0.0436. The number of amides is 2. The van der Waals surface area contributed by atoms with Crippen LogP contribution >= 0.6 is 0 Å². The van der Waals surface area contributed by atoms with Crippen molar-refractivity contribution in [3.63, 3.8) is 0 Å². The monoisotopic (exact) mass is 331 g/mol. The van der Waals surface area contributed by atoms with E-state index in [4.69, 9.17) is 5.73 Å². The molecule has 0 bridgehead atoms. The molecular formula is C19H29N3O2. The van der Waals surface area contributed by atoms with Gasteiger partial charge in [-0.3, -0.25) is 9.59 Å². The standard InChI is InChI=1S/C19H29N3O2/c1-4-19(5-2,13-20)21-18(24)16-10-17(23)22(12-16)11-15-8-6-14(3)7-9-15/h6-9,16H,4-5,10-13,20H2,1-3H3,(H,21,24). The van der Waals surface area contributed by atoms with Crippen molar-refractivity contribution in [2.24, 2.45) is 11.7 Å². The second-order valence-electron chi connectivity index (χ2n) is 6.84. The van der Waals surface area contributed by atoms with Crippen LogP contribution in [0.25, 0.3) is 0 Å². The van der Waals surface area contributed by atoms with Crippen LogP contribution in [0.15, 0.2) is 24.3 Å². The summed E-state index contributed by atoms with van der Waals surface area (Å²) in [7, 11) is 0. The normalized spacial score (nSPS) is 18.1. The third-order valence-corrected chi connectivity index (χ3v) is 5.21. The maximum Gasteiger partial charge on any atom is 0.225 e. The summed E-state index contributed by atoms with van der Waals surface area (Å²) in [6, 6.07) is 8.14. The Morgan fingerprint density at radius 2 is 1.92 bits per heavy atom. The highest BCUT2D eigenvalue weighted by molar-refractivity contribution is 5.89. The zero-order valence-electron chi connectivity index (χ0n) is 15.0. The number of nitrogens with zero attached hydrogens (tertiary/aromatic N) is 1. The highest BCUT2D eigenvalue weighted by Gasteiger charge is 2.37. The van der Waals surface area contributed by atoms with Crippen molar-refractivity contribution in [1.29, 1.82) is 0 Å². The summed E-state index contributed by atoms with van der Waals surface area (Å²) in [5.41, 5.74) is 7.78. The van der Waals surface area contributed by atoms with Crippen LogP contribution in [0.3, 0.4) is 0 Å². The maximum atomic E-state index is 12.6. The Labute approximate surface area is 144 Å². The average Bonchev–Trinajstić information content (AvgIpc) is 2.96. The molecule has 0 radical (unpaired) electrons. The van der Waals surface area contributed by atoms with Gasteiger partial charge in [0.1, 0.15) is 0 Å². The zero-order valence-corrected chi connectivity index (χ0v) is 15.0. The van der Waals surface area contributed by atoms with Crippen LogP contribution in [0.5, 0.6) is 0 Å². The van der Waals surface area contributed by atoms with Gasteiger partial charge >= 0.3 is 0 Å². The maximum absolute atomic E-state index is 12.6. The van der Waals surface area contributed by atoms with Gasteiger partial charge in [0.25, 0.3) is 0 Å². The number of hydrogen-bond acceptors (Lipinski definition) is 3. The van der Waals surface area contributed by atoms with Crippen molar-refractivity contribution >= 4 is 11.8 Å². The highest BCUT2D eigenvalue weighted by atomic mass is 16.2. The van der Waals surface area contributed by atoms with Crippen LogP contribution in [-0.4, -0.2) is 35.3 Å². The third-order valence-electron chi connectivity index (χ3n) is 5.21. The molecule has 132 valence electrons. The van der Waals surface area contributed by atoms with Gasteiger partial charge in [0.2, 0.25) is 11.8 Å². The number of carbonyl (C=O) groups excluding carboxylic acids is 2. The van der Waals surface area contributed by atoms with Crippen molar-refractivity contribution in [2.45, 2.75) is 52.1 Å². The highest BCUT2D eigenvalue weighted by Crippen LogP contribution is 2.22. The Bertz CT molecular complexity index is 571. The predicted molar refractivity (Wildman–Crippen MR) is 95.2 cm³/mol. The van der Waals surface area contributed by atoms with Crippen LogP contribution in [0.1, 0.15) is 44.2 Å². The van der Waals surface area contributed by atoms with E-state index in [-0.39, 0.29) is 29.7 Å². The fraction of sp³-hybridized carbons (Fsp3) is 0.579. The molecule has 5 heteroatoms. The quantitative estimate of drug-likeness (QED) is 0.802. The summed E-state index contributed by atoms with van der Waals surface area (Å²) in [5.74, 6) is -0.294. The molecule has 1 aromatic carbocycles. The number of hydrogen-bond donors (Lipinski definition) is 2. The molecule has 2 amide bonds. The van der Waals surface area contributed by atoms with Crippen LogP contribution in [0.2, 0.25) is 0 Å². The summed E-state index contributed by atoms with van der Waals surface area (Å²) in [6.45, 7) is 7.55. The smallest absolute Gasteiger partial charge is 0.225 e. The molecule has 1 heterocycles. The van der Waals surface area contributed by atoms with Gasteiger partial charge in [-0.05, 0) is 25.3 Å². The van der Waals surface area contributed by atoms with Crippen LogP contribution < -0.4 is 11.1 Å². The van der Waals surface area contributed by atoms with Gasteiger partial charge in [-0.1, -0.05) is 43.7 Å². The fourth-order valence-corrected chi connectivity index (χ4v) is 3.14. The molecular weight excluding hydrogens is 302 g/mol. The first-order chi connectivity index (χ1) is 11.4. The molecule has 5 nitrogen and oxygen atoms in total. The molecule has 1 atom stereocenters. The lowest BCUT2D eigenvalue weighted by atomic mass is 9.91. The van der Waals surface area contributed by atoms with Gasteiger partial charge in [0, 0.05) is 26.1 Å². The van der Waals surface area contributed by atoms with Gasteiger partial charge in [0.05, 0.1) is 11.5 Å². The van der Waals surface area contributed by atoms with Crippen molar-refractivity contribution in [3.8, 4) is 0 Å². The van der Waals surface area contributed by atoms with E-state index in [0.29, 0.717) is 19.6 Å². The average molecular weight is 331 g/mol. The third kappa shape index (κ3) is 4.15. The fourth-order valence-electron chi connectivity index (χ4n) is 3.14. The molecule has 0 spiro atoms. The molecule has 0 aromatic heterocycles. The first-order valence-electron chi connectivity index (χ1n) is 8.78. The molecule has 24 heavy (non-hydrogen) atoms. The lowest BCUT2D eigenvalue weighted by Crippen LogP contribution is -2.54. The number of carbonyl (C=O) groups is 2. The molecule has 3 N–H and O–H groups in total. The van der Waals surface area contributed by atoms with Gasteiger partial charge in [-0.2, -0.15) is 0 Å². The number of benzene rings is 1. The Balaban J connectivity index is 1.98. The molecule has 1 fully saturated rings. The van der Waals surface area contributed by atoms with E-state index >= 15 is 0 Å². The van der Waals surface area contributed by atoms with Crippen molar-refractivity contribution in [3.05, 3.63) is 35.4 Å². The summed E-state index contributed by atoms with van der Waals surface area (Å²) in [4.78, 5) is 26.6. The largest absolute Gasteiger partial charge is 0.349 e. The molecule has 1 unspecified atom stereocenters. The van der Waals surface area contributed by atoms with Gasteiger partial charge in [-0.25, -0.2) is 0 Å². The lowest BCUT2D eigenvalue weighted by molar-refractivity contribution is -0.129. The number of likely N-dealkylation sites (tertiary alicyclic amines) is 1. The SMILES string of the molecule is CCC(CC)(CN)NC(=O)C1CC(=O)N(Cc2ccc(C)cc2)C1. The van der Waals surface area contributed by atoms with Crippen LogP contribution in [-0.2, 0) is 16.1 Å². The second-order valence-corrected chi connectivity index (χ2v) is 6.84. The zero-order chi connectivity index (χ0) is 17.7. The van der Waals surface area contributed by atoms with E-state index < -0.39 is 0 Å². The Kier molecular flexibility index (Phi) is 5.99. The molecule has 0 saturated carbocycles. The molecule has 1 aliphatic heterocycles. The lowest BCUT2D eigenvalue weighted by Gasteiger charge is -2.32. The van der Waals surface area contributed by atoms with E-state index in [0.717, 1.165) is 18.4 Å². The molecule has 1 saturated heterocycles. The summed E-state index contributed by atoms with van der Waals surface area (Å²) < 4.78 is 0. The Morgan fingerprint density at radius 1 is 1.29 bits per heavy atom. The van der Waals surface area contributed by atoms with Crippen molar-refractivity contribution in [2.75, 3.05) is 13.1 Å². The van der Waals surface area contributed by atoms with Gasteiger partial charge in [-0.15, -0.1) is 0 Å². The minimum atomic E-state index is -0.357.